The molecular weight excluding hydrogens is 298 g/mol. The predicted molar refractivity (Wildman–Crippen MR) is 103 cm³/mol. The third-order valence-corrected chi connectivity index (χ3v) is 4.24. The van der Waals surface area contributed by atoms with E-state index in [2.05, 4.69) is 78.3 Å². The maximum atomic E-state index is 4.54. The molecule has 0 saturated carbocycles. The lowest BCUT2D eigenvalue weighted by atomic mass is 10.1. The van der Waals surface area contributed by atoms with Gasteiger partial charge in [-0.2, -0.15) is 4.98 Å². The number of rotatable bonds is 8. The molecule has 0 spiro atoms. The maximum absolute atomic E-state index is 4.54. The van der Waals surface area contributed by atoms with Gasteiger partial charge in [0.15, 0.2) is 0 Å². The van der Waals surface area contributed by atoms with E-state index in [1.807, 2.05) is 6.07 Å². The van der Waals surface area contributed by atoms with Gasteiger partial charge in [-0.3, -0.25) is 0 Å². The molecule has 1 unspecified atom stereocenters. The number of hydrogen-bond donors (Lipinski definition) is 2. The van der Waals surface area contributed by atoms with Crippen LogP contribution in [0.2, 0.25) is 0 Å². The molecule has 1 atom stereocenters. The summed E-state index contributed by atoms with van der Waals surface area (Å²) < 4.78 is 0. The lowest BCUT2D eigenvalue weighted by Crippen LogP contribution is -2.21. The van der Waals surface area contributed by atoms with Gasteiger partial charge in [-0.15, -0.1) is 0 Å². The molecule has 2 rings (SSSR count). The van der Waals surface area contributed by atoms with Crippen LogP contribution in [0.15, 0.2) is 30.5 Å². The first-order chi connectivity index (χ1) is 11.6. The van der Waals surface area contributed by atoms with Crippen LogP contribution >= 0.6 is 0 Å². The monoisotopic (exact) mass is 327 g/mol. The van der Waals surface area contributed by atoms with E-state index in [0.29, 0.717) is 12.0 Å². The van der Waals surface area contributed by atoms with E-state index in [0.717, 1.165) is 31.0 Å². The highest BCUT2D eigenvalue weighted by Gasteiger charge is 2.07. The highest BCUT2D eigenvalue weighted by atomic mass is 15.1. The molecule has 0 radical (unpaired) electrons. The summed E-state index contributed by atoms with van der Waals surface area (Å²) in [5, 5.41) is 6.70. The van der Waals surface area contributed by atoms with Crippen LogP contribution in [-0.2, 0) is 0 Å². The topological polar surface area (TPSA) is 53.1 Å². The fourth-order valence-electron chi connectivity index (χ4n) is 2.53. The number of hydrogen-bond acceptors (Lipinski definition) is 5. The van der Waals surface area contributed by atoms with Crippen molar-refractivity contribution in [2.24, 2.45) is 0 Å². The van der Waals surface area contributed by atoms with Crippen molar-refractivity contribution in [1.29, 1.82) is 0 Å². The maximum Gasteiger partial charge on any atom is 0.224 e. The Morgan fingerprint density at radius 2 is 1.88 bits per heavy atom. The van der Waals surface area contributed by atoms with Crippen LogP contribution in [0, 0.1) is 6.92 Å². The predicted octanol–water partition coefficient (Wildman–Crippen LogP) is 4.59. The summed E-state index contributed by atoms with van der Waals surface area (Å²) in [7, 11) is 0. The zero-order valence-electron chi connectivity index (χ0n) is 15.4. The minimum absolute atomic E-state index is 0.357. The van der Waals surface area contributed by atoms with Gasteiger partial charge in [0.2, 0.25) is 5.95 Å². The van der Waals surface area contributed by atoms with Crippen molar-refractivity contribution in [3.8, 4) is 0 Å². The smallest absolute Gasteiger partial charge is 0.224 e. The molecule has 1 aromatic heterocycles. The second-order valence-electron chi connectivity index (χ2n) is 6.02. The minimum Gasteiger partial charge on any atom is -0.372 e. The van der Waals surface area contributed by atoms with Gasteiger partial charge in [0.1, 0.15) is 5.82 Å². The Morgan fingerprint density at radius 3 is 2.50 bits per heavy atom. The van der Waals surface area contributed by atoms with Gasteiger partial charge in [0, 0.05) is 36.7 Å². The molecule has 5 nitrogen and oxygen atoms in total. The van der Waals surface area contributed by atoms with Gasteiger partial charge >= 0.3 is 0 Å². The molecule has 0 aliphatic carbocycles. The van der Waals surface area contributed by atoms with Crippen molar-refractivity contribution in [3.05, 3.63) is 36.0 Å². The van der Waals surface area contributed by atoms with E-state index in [4.69, 9.17) is 0 Å². The first-order valence-corrected chi connectivity index (χ1v) is 8.79. The average Bonchev–Trinajstić information content (AvgIpc) is 2.58. The molecule has 0 aliphatic heterocycles. The molecule has 0 bridgehead atoms. The summed E-state index contributed by atoms with van der Waals surface area (Å²) in [6.45, 7) is 12.8. The normalized spacial score (nSPS) is 11.9. The Kier molecular flexibility index (Phi) is 6.41. The Balaban J connectivity index is 2.15. The molecule has 0 amide bonds. The second-order valence-corrected chi connectivity index (χ2v) is 6.02. The van der Waals surface area contributed by atoms with Crippen LogP contribution in [0.3, 0.4) is 0 Å². The third-order valence-electron chi connectivity index (χ3n) is 4.24. The standard InChI is InChI=1S/C19H29N5/c1-6-15(5)21-19-20-12-11-18(23-19)22-17-10-9-16(13-14(17)4)24(7-2)8-3/h9-13,15H,6-8H2,1-5H3,(H2,20,21,22,23). The van der Waals surface area contributed by atoms with E-state index >= 15 is 0 Å². The van der Waals surface area contributed by atoms with E-state index in [1.165, 1.54) is 11.3 Å². The first kappa shape index (κ1) is 18.0. The number of aryl methyl sites for hydroxylation is 1. The van der Waals surface area contributed by atoms with Crippen LogP contribution in [0.25, 0.3) is 0 Å². The Labute approximate surface area is 145 Å². The lowest BCUT2D eigenvalue weighted by Gasteiger charge is -2.22. The Hall–Kier alpha value is -2.30. The van der Waals surface area contributed by atoms with Crippen LogP contribution in [0.1, 0.15) is 39.7 Å². The van der Waals surface area contributed by atoms with Gasteiger partial charge in [0.05, 0.1) is 0 Å². The van der Waals surface area contributed by atoms with Gasteiger partial charge in [-0.25, -0.2) is 4.98 Å². The number of anilines is 4. The van der Waals surface area contributed by atoms with Gasteiger partial charge in [-0.05, 0) is 63.9 Å². The fourth-order valence-corrected chi connectivity index (χ4v) is 2.53. The summed E-state index contributed by atoms with van der Waals surface area (Å²) in [6.07, 6.45) is 2.81. The Bertz CT molecular complexity index is 652. The number of benzene rings is 1. The van der Waals surface area contributed by atoms with Crippen molar-refractivity contribution >= 4 is 23.1 Å². The summed E-state index contributed by atoms with van der Waals surface area (Å²) in [5.41, 5.74) is 3.53. The molecule has 5 heteroatoms. The zero-order valence-corrected chi connectivity index (χ0v) is 15.4. The molecule has 2 aromatic rings. The van der Waals surface area contributed by atoms with Gasteiger partial charge < -0.3 is 15.5 Å². The van der Waals surface area contributed by atoms with E-state index < -0.39 is 0 Å². The molecule has 2 N–H and O–H groups in total. The zero-order chi connectivity index (χ0) is 17.5. The highest BCUT2D eigenvalue weighted by molar-refractivity contribution is 5.65. The molecule has 1 heterocycles. The van der Waals surface area contributed by atoms with E-state index in [-0.39, 0.29) is 0 Å². The van der Waals surface area contributed by atoms with Crippen molar-refractivity contribution in [3.63, 3.8) is 0 Å². The highest BCUT2D eigenvalue weighted by Crippen LogP contribution is 2.25. The molecule has 130 valence electrons. The molecule has 0 aliphatic rings. The van der Waals surface area contributed by atoms with Crippen molar-refractivity contribution in [1.82, 2.24) is 9.97 Å². The fraction of sp³-hybridized carbons (Fsp3) is 0.474. The first-order valence-electron chi connectivity index (χ1n) is 8.79. The third kappa shape index (κ3) is 4.60. The van der Waals surface area contributed by atoms with E-state index in [9.17, 15) is 0 Å². The van der Waals surface area contributed by atoms with Crippen LogP contribution in [0.5, 0.6) is 0 Å². The molecule has 1 aromatic carbocycles. The van der Waals surface area contributed by atoms with Crippen LogP contribution in [-0.4, -0.2) is 29.1 Å². The van der Waals surface area contributed by atoms with Crippen LogP contribution in [0.4, 0.5) is 23.1 Å². The summed E-state index contributed by atoms with van der Waals surface area (Å²) in [6, 6.07) is 8.73. The van der Waals surface area contributed by atoms with E-state index in [1.54, 1.807) is 6.20 Å². The lowest BCUT2D eigenvalue weighted by molar-refractivity contribution is 0.753. The minimum atomic E-state index is 0.357. The largest absolute Gasteiger partial charge is 0.372 e. The molecule has 0 fully saturated rings. The Morgan fingerprint density at radius 1 is 1.12 bits per heavy atom. The number of nitrogens with zero attached hydrogens (tertiary/aromatic N) is 3. The number of aromatic nitrogens is 2. The number of nitrogens with one attached hydrogen (secondary N) is 2. The van der Waals surface area contributed by atoms with Gasteiger partial charge in [-0.1, -0.05) is 6.92 Å². The molecular formula is C19H29N5. The summed E-state index contributed by atoms with van der Waals surface area (Å²) in [5.74, 6) is 1.46. The molecule has 24 heavy (non-hydrogen) atoms. The van der Waals surface area contributed by atoms with Gasteiger partial charge in [0.25, 0.3) is 0 Å². The van der Waals surface area contributed by atoms with Crippen molar-refractivity contribution in [2.45, 2.75) is 47.1 Å². The average molecular weight is 327 g/mol. The summed E-state index contributed by atoms with van der Waals surface area (Å²) in [4.78, 5) is 11.2. The summed E-state index contributed by atoms with van der Waals surface area (Å²) >= 11 is 0. The van der Waals surface area contributed by atoms with Crippen molar-refractivity contribution in [2.75, 3.05) is 28.6 Å². The van der Waals surface area contributed by atoms with Crippen molar-refractivity contribution < 1.29 is 0 Å². The van der Waals surface area contributed by atoms with Crippen LogP contribution < -0.4 is 15.5 Å². The quantitative estimate of drug-likeness (QED) is 0.743. The second kappa shape index (κ2) is 8.52. The SMILES string of the molecule is CCC(C)Nc1nccc(Nc2ccc(N(CC)CC)cc2C)n1. The molecule has 0 saturated heterocycles.